The first kappa shape index (κ1) is 19.6. The van der Waals surface area contributed by atoms with Crippen LogP contribution in [0.5, 0.6) is 11.5 Å². The molecule has 0 saturated carbocycles. The van der Waals surface area contributed by atoms with Gasteiger partial charge in [0, 0.05) is 0 Å². The van der Waals surface area contributed by atoms with Crippen molar-refractivity contribution in [3.63, 3.8) is 0 Å². The van der Waals surface area contributed by atoms with Crippen molar-refractivity contribution >= 4 is 17.3 Å². The summed E-state index contributed by atoms with van der Waals surface area (Å²) in [5.41, 5.74) is 2.61. The second-order valence-corrected chi connectivity index (χ2v) is 7.22. The maximum absolute atomic E-state index is 12.6. The van der Waals surface area contributed by atoms with Gasteiger partial charge in [-0.25, -0.2) is 0 Å². The highest BCUT2D eigenvalue weighted by molar-refractivity contribution is 5.97. The Labute approximate surface area is 155 Å². The van der Waals surface area contributed by atoms with Crippen LogP contribution in [0.25, 0.3) is 0 Å². The fourth-order valence-electron chi connectivity index (χ4n) is 2.57. The molecule has 0 bridgehead atoms. The zero-order chi connectivity index (χ0) is 19.3. The molecule has 0 aliphatic heterocycles. The summed E-state index contributed by atoms with van der Waals surface area (Å²) < 4.78 is 10.7. The fourth-order valence-corrected chi connectivity index (χ4v) is 2.57. The third-order valence-corrected chi connectivity index (χ3v) is 4.20. The molecule has 2 aromatic carbocycles. The summed E-state index contributed by atoms with van der Waals surface area (Å²) in [6.07, 6.45) is 0. The monoisotopic (exact) mass is 356 g/mol. The first-order valence-corrected chi connectivity index (χ1v) is 8.65. The van der Waals surface area contributed by atoms with Crippen molar-refractivity contribution in [3.05, 3.63) is 48.0 Å². The molecule has 1 atom stereocenters. The Morgan fingerprint density at radius 3 is 2.19 bits per heavy atom. The van der Waals surface area contributed by atoms with Crippen LogP contribution in [-0.4, -0.2) is 26.2 Å². The Morgan fingerprint density at radius 1 is 0.962 bits per heavy atom. The van der Waals surface area contributed by atoms with E-state index in [2.05, 4.69) is 31.4 Å². The molecule has 0 saturated heterocycles. The van der Waals surface area contributed by atoms with Crippen LogP contribution in [0, 0.1) is 0 Å². The van der Waals surface area contributed by atoms with E-state index in [0.717, 1.165) is 11.3 Å². The van der Waals surface area contributed by atoms with E-state index in [1.165, 1.54) is 0 Å². The molecule has 2 N–H and O–H groups in total. The van der Waals surface area contributed by atoms with Gasteiger partial charge in [0.25, 0.3) is 0 Å². The highest BCUT2D eigenvalue weighted by Gasteiger charge is 2.19. The van der Waals surface area contributed by atoms with Crippen molar-refractivity contribution in [2.45, 2.75) is 39.2 Å². The predicted molar refractivity (Wildman–Crippen MR) is 106 cm³/mol. The van der Waals surface area contributed by atoms with Gasteiger partial charge in [0.15, 0.2) is 0 Å². The van der Waals surface area contributed by atoms with Crippen molar-refractivity contribution < 1.29 is 14.3 Å². The summed E-state index contributed by atoms with van der Waals surface area (Å²) in [6.45, 7) is 8.26. The molecule has 0 aromatic heterocycles. The topological polar surface area (TPSA) is 59.6 Å². The van der Waals surface area contributed by atoms with Gasteiger partial charge < -0.3 is 20.1 Å². The normalized spacial score (nSPS) is 12.2. The summed E-state index contributed by atoms with van der Waals surface area (Å²) in [5, 5.41) is 6.15. The van der Waals surface area contributed by atoms with Gasteiger partial charge in [-0.3, -0.25) is 4.79 Å². The summed E-state index contributed by atoms with van der Waals surface area (Å²) in [5.74, 6) is 1.17. The first-order chi connectivity index (χ1) is 12.3. The Bertz CT molecular complexity index is 766. The van der Waals surface area contributed by atoms with Crippen LogP contribution in [0.2, 0.25) is 0 Å². The zero-order valence-electron chi connectivity index (χ0n) is 16.3. The van der Waals surface area contributed by atoms with Crippen LogP contribution in [0.15, 0.2) is 42.5 Å². The highest BCUT2D eigenvalue weighted by Crippen LogP contribution is 2.32. The number of ether oxygens (including phenoxy) is 2. The van der Waals surface area contributed by atoms with E-state index < -0.39 is 6.04 Å². The zero-order valence-corrected chi connectivity index (χ0v) is 16.3. The summed E-state index contributed by atoms with van der Waals surface area (Å²) >= 11 is 0. The smallest absolute Gasteiger partial charge is 0.246 e. The molecular weight excluding hydrogens is 328 g/mol. The minimum atomic E-state index is -0.455. The number of methoxy groups -OCH3 is 2. The van der Waals surface area contributed by atoms with E-state index in [4.69, 9.17) is 9.47 Å². The number of benzene rings is 2. The maximum atomic E-state index is 12.6. The largest absolute Gasteiger partial charge is 0.495 e. The van der Waals surface area contributed by atoms with Crippen molar-refractivity contribution in [3.8, 4) is 11.5 Å². The number of nitrogens with one attached hydrogen (secondary N) is 2. The molecule has 0 unspecified atom stereocenters. The molecule has 140 valence electrons. The van der Waals surface area contributed by atoms with Gasteiger partial charge in [-0.1, -0.05) is 39.0 Å². The number of carbonyl (C=O) groups is 1. The Morgan fingerprint density at radius 2 is 1.58 bits per heavy atom. The lowest BCUT2D eigenvalue weighted by atomic mass is 9.86. The van der Waals surface area contributed by atoms with Crippen LogP contribution in [-0.2, 0) is 10.2 Å². The third kappa shape index (κ3) is 4.69. The van der Waals surface area contributed by atoms with E-state index >= 15 is 0 Å². The lowest BCUT2D eigenvalue weighted by Gasteiger charge is -2.23. The first-order valence-electron chi connectivity index (χ1n) is 8.65. The number of hydrogen-bond acceptors (Lipinski definition) is 4. The van der Waals surface area contributed by atoms with E-state index in [9.17, 15) is 4.79 Å². The average molecular weight is 356 g/mol. The lowest BCUT2D eigenvalue weighted by Crippen LogP contribution is -2.32. The number of para-hydroxylation sites is 2. The summed E-state index contributed by atoms with van der Waals surface area (Å²) in [4.78, 5) is 12.6. The minimum Gasteiger partial charge on any atom is -0.495 e. The number of amides is 1. The molecule has 26 heavy (non-hydrogen) atoms. The molecule has 2 aromatic rings. The minimum absolute atomic E-state index is 0.00556. The van der Waals surface area contributed by atoms with E-state index in [0.29, 0.717) is 17.2 Å². The maximum Gasteiger partial charge on any atom is 0.246 e. The second-order valence-electron chi connectivity index (χ2n) is 7.22. The molecule has 0 aliphatic rings. The van der Waals surface area contributed by atoms with Crippen LogP contribution in [0.1, 0.15) is 33.3 Å². The summed E-state index contributed by atoms with van der Waals surface area (Å²) in [6, 6.07) is 12.9. The quantitative estimate of drug-likeness (QED) is 0.803. The molecular formula is C21H28N2O3. The van der Waals surface area contributed by atoms with Crippen LogP contribution in [0.4, 0.5) is 11.4 Å². The Balaban J connectivity index is 2.18. The standard InChI is InChI=1S/C21H28N2O3/c1-14(20(24)23-16-9-7-8-10-18(16)25-5)22-17-13-15(21(2,3)4)11-12-19(17)26-6/h7-14,22H,1-6H3,(H,23,24)/t14-/m1/s1. The van der Waals surface area contributed by atoms with Gasteiger partial charge >= 0.3 is 0 Å². The number of anilines is 2. The molecule has 0 spiro atoms. The van der Waals surface area contributed by atoms with Crippen LogP contribution >= 0.6 is 0 Å². The van der Waals surface area contributed by atoms with E-state index in [-0.39, 0.29) is 11.3 Å². The molecule has 2 rings (SSSR count). The molecule has 5 heteroatoms. The number of carbonyl (C=O) groups excluding carboxylic acids is 1. The van der Waals surface area contributed by atoms with Gasteiger partial charge in [0.2, 0.25) is 5.91 Å². The van der Waals surface area contributed by atoms with Crippen molar-refractivity contribution in [2.75, 3.05) is 24.9 Å². The van der Waals surface area contributed by atoms with Crippen molar-refractivity contribution in [2.24, 2.45) is 0 Å². The van der Waals surface area contributed by atoms with Crippen molar-refractivity contribution in [1.29, 1.82) is 0 Å². The lowest BCUT2D eigenvalue weighted by molar-refractivity contribution is -0.116. The van der Waals surface area contributed by atoms with Gasteiger partial charge in [-0.15, -0.1) is 0 Å². The third-order valence-electron chi connectivity index (χ3n) is 4.20. The Kier molecular flexibility index (Phi) is 6.14. The highest BCUT2D eigenvalue weighted by atomic mass is 16.5. The second kappa shape index (κ2) is 8.13. The average Bonchev–Trinajstić information content (AvgIpc) is 2.61. The molecule has 0 heterocycles. The van der Waals surface area contributed by atoms with E-state index in [1.54, 1.807) is 14.2 Å². The van der Waals surface area contributed by atoms with Gasteiger partial charge in [-0.05, 0) is 42.2 Å². The molecule has 0 aliphatic carbocycles. The van der Waals surface area contributed by atoms with Crippen molar-refractivity contribution in [1.82, 2.24) is 0 Å². The predicted octanol–water partition coefficient (Wildman–Crippen LogP) is 4.44. The van der Waals surface area contributed by atoms with Gasteiger partial charge in [0.05, 0.1) is 25.6 Å². The molecule has 0 fully saturated rings. The molecule has 0 radical (unpaired) electrons. The molecule has 1 amide bonds. The van der Waals surface area contributed by atoms with Gasteiger partial charge in [0.1, 0.15) is 17.5 Å². The summed E-state index contributed by atoms with van der Waals surface area (Å²) in [7, 11) is 3.20. The van der Waals surface area contributed by atoms with E-state index in [1.807, 2.05) is 49.4 Å². The number of rotatable bonds is 6. The fraction of sp³-hybridized carbons (Fsp3) is 0.381. The van der Waals surface area contributed by atoms with Crippen LogP contribution < -0.4 is 20.1 Å². The molecule has 5 nitrogen and oxygen atoms in total. The SMILES string of the molecule is COc1ccccc1NC(=O)[C@@H](C)Nc1cc(C(C)(C)C)ccc1OC. The van der Waals surface area contributed by atoms with Crippen LogP contribution in [0.3, 0.4) is 0 Å². The van der Waals surface area contributed by atoms with Gasteiger partial charge in [-0.2, -0.15) is 0 Å². The number of hydrogen-bond donors (Lipinski definition) is 2. The Hall–Kier alpha value is -2.69.